The standard InChI is InChI=1S/C12H15F2O2/c1-4-15-10-5-9(8(2)3)6-11(7-10)16-12(13)14/h5-7,12H,4H2,1-3H3. The van der Waals surface area contributed by atoms with Gasteiger partial charge in [0.1, 0.15) is 11.5 Å². The Morgan fingerprint density at radius 2 is 1.81 bits per heavy atom. The van der Waals surface area contributed by atoms with Gasteiger partial charge in [-0.3, -0.25) is 0 Å². The lowest BCUT2D eigenvalue weighted by Gasteiger charge is -2.12. The van der Waals surface area contributed by atoms with Gasteiger partial charge in [0.2, 0.25) is 0 Å². The molecule has 0 aromatic heterocycles. The molecular weight excluding hydrogens is 214 g/mol. The van der Waals surface area contributed by atoms with E-state index < -0.39 is 6.61 Å². The first-order chi connectivity index (χ1) is 7.52. The maximum absolute atomic E-state index is 12.1. The minimum Gasteiger partial charge on any atom is -0.494 e. The van der Waals surface area contributed by atoms with E-state index in [-0.39, 0.29) is 5.75 Å². The summed E-state index contributed by atoms with van der Waals surface area (Å²) in [6, 6.07) is 4.84. The molecular formula is C12H15F2O2. The van der Waals surface area contributed by atoms with Gasteiger partial charge in [0, 0.05) is 6.07 Å². The molecule has 2 nitrogen and oxygen atoms in total. The number of ether oxygens (including phenoxy) is 2. The molecule has 0 unspecified atom stereocenters. The Labute approximate surface area is 94.2 Å². The van der Waals surface area contributed by atoms with Crippen molar-refractivity contribution in [2.75, 3.05) is 6.61 Å². The Morgan fingerprint density at radius 3 is 2.31 bits per heavy atom. The maximum atomic E-state index is 12.1. The van der Waals surface area contributed by atoms with Crippen LogP contribution in [0.2, 0.25) is 0 Å². The first kappa shape index (κ1) is 12.7. The molecule has 0 atom stereocenters. The van der Waals surface area contributed by atoms with Crippen molar-refractivity contribution in [1.82, 2.24) is 0 Å². The van der Waals surface area contributed by atoms with E-state index >= 15 is 0 Å². The summed E-state index contributed by atoms with van der Waals surface area (Å²) in [4.78, 5) is 0. The normalized spacial score (nSPS) is 10.9. The van der Waals surface area contributed by atoms with Crippen molar-refractivity contribution < 1.29 is 18.3 Å². The summed E-state index contributed by atoms with van der Waals surface area (Å²) in [7, 11) is 0. The highest BCUT2D eigenvalue weighted by Crippen LogP contribution is 2.27. The zero-order chi connectivity index (χ0) is 12.1. The fourth-order valence-electron chi connectivity index (χ4n) is 1.28. The van der Waals surface area contributed by atoms with Crippen molar-refractivity contribution in [3.63, 3.8) is 0 Å². The molecule has 16 heavy (non-hydrogen) atoms. The molecule has 89 valence electrons. The quantitative estimate of drug-likeness (QED) is 0.767. The molecule has 0 amide bonds. The fourth-order valence-corrected chi connectivity index (χ4v) is 1.28. The number of benzene rings is 1. The van der Waals surface area contributed by atoms with Gasteiger partial charge in [-0.1, -0.05) is 13.8 Å². The number of rotatable bonds is 5. The number of alkyl halides is 2. The summed E-state index contributed by atoms with van der Waals surface area (Å²) < 4.78 is 33.8. The Hall–Kier alpha value is -1.32. The van der Waals surface area contributed by atoms with Crippen LogP contribution in [0.25, 0.3) is 0 Å². The SMILES string of the molecule is CCOc1cc(OC(F)F)cc([C](C)C)c1. The van der Waals surface area contributed by atoms with Crippen LogP contribution in [0.15, 0.2) is 18.2 Å². The van der Waals surface area contributed by atoms with E-state index in [4.69, 9.17) is 4.74 Å². The second-order valence-electron chi connectivity index (χ2n) is 3.50. The molecule has 0 N–H and O–H groups in total. The molecule has 4 heteroatoms. The molecule has 0 aliphatic rings. The van der Waals surface area contributed by atoms with Gasteiger partial charge in [-0.05, 0) is 30.5 Å². The third-order valence-corrected chi connectivity index (χ3v) is 1.99. The lowest BCUT2D eigenvalue weighted by molar-refractivity contribution is -0.0499. The topological polar surface area (TPSA) is 18.5 Å². The lowest BCUT2D eigenvalue weighted by atomic mass is 10.0. The summed E-state index contributed by atoms with van der Waals surface area (Å²) >= 11 is 0. The monoisotopic (exact) mass is 229 g/mol. The predicted molar refractivity (Wildman–Crippen MR) is 57.9 cm³/mol. The maximum Gasteiger partial charge on any atom is 0.387 e. The van der Waals surface area contributed by atoms with Crippen LogP contribution >= 0.6 is 0 Å². The summed E-state index contributed by atoms with van der Waals surface area (Å²) in [5, 5.41) is 0. The van der Waals surface area contributed by atoms with Gasteiger partial charge in [0.25, 0.3) is 0 Å². The van der Waals surface area contributed by atoms with Crippen LogP contribution in [0.1, 0.15) is 26.3 Å². The van der Waals surface area contributed by atoms with Crippen molar-refractivity contribution in [2.45, 2.75) is 27.4 Å². The van der Waals surface area contributed by atoms with Crippen molar-refractivity contribution in [1.29, 1.82) is 0 Å². The van der Waals surface area contributed by atoms with Crippen LogP contribution in [0.5, 0.6) is 11.5 Å². The number of hydrogen-bond donors (Lipinski definition) is 0. The second kappa shape index (κ2) is 5.68. The molecule has 0 saturated heterocycles. The first-order valence-electron chi connectivity index (χ1n) is 5.06. The summed E-state index contributed by atoms with van der Waals surface area (Å²) in [5.41, 5.74) is 0.835. The molecule has 1 radical (unpaired) electrons. The molecule has 0 spiro atoms. The first-order valence-corrected chi connectivity index (χ1v) is 5.06. The highest BCUT2D eigenvalue weighted by molar-refractivity contribution is 5.43. The van der Waals surface area contributed by atoms with Crippen LogP contribution in [0, 0.1) is 5.92 Å². The number of halogens is 2. The second-order valence-corrected chi connectivity index (χ2v) is 3.50. The van der Waals surface area contributed by atoms with Gasteiger partial charge in [0.15, 0.2) is 0 Å². The average molecular weight is 229 g/mol. The third kappa shape index (κ3) is 3.68. The molecule has 1 aromatic carbocycles. The highest BCUT2D eigenvalue weighted by Gasteiger charge is 2.10. The Balaban J connectivity index is 2.98. The largest absolute Gasteiger partial charge is 0.494 e. The van der Waals surface area contributed by atoms with Gasteiger partial charge in [-0.15, -0.1) is 0 Å². The van der Waals surface area contributed by atoms with Gasteiger partial charge in [-0.25, -0.2) is 0 Å². The molecule has 0 fully saturated rings. The van der Waals surface area contributed by atoms with E-state index in [2.05, 4.69) is 4.74 Å². The van der Waals surface area contributed by atoms with Gasteiger partial charge in [-0.2, -0.15) is 8.78 Å². The van der Waals surface area contributed by atoms with Crippen LogP contribution < -0.4 is 9.47 Å². The molecule has 0 aliphatic heterocycles. The van der Waals surface area contributed by atoms with Crippen LogP contribution in [-0.4, -0.2) is 13.2 Å². The minimum absolute atomic E-state index is 0.122. The van der Waals surface area contributed by atoms with E-state index in [0.717, 1.165) is 11.5 Å². The van der Waals surface area contributed by atoms with Gasteiger partial charge < -0.3 is 9.47 Å². The van der Waals surface area contributed by atoms with Crippen molar-refractivity contribution >= 4 is 0 Å². The molecule has 0 bridgehead atoms. The highest BCUT2D eigenvalue weighted by atomic mass is 19.3. The third-order valence-electron chi connectivity index (χ3n) is 1.99. The molecule has 0 aliphatic carbocycles. The van der Waals surface area contributed by atoms with Gasteiger partial charge in [0.05, 0.1) is 6.61 Å². The molecule has 0 saturated carbocycles. The van der Waals surface area contributed by atoms with Crippen molar-refractivity contribution in [2.24, 2.45) is 0 Å². The fraction of sp³-hybridized carbons (Fsp3) is 0.417. The zero-order valence-corrected chi connectivity index (χ0v) is 9.59. The van der Waals surface area contributed by atoms with E-state index in [1.165, 1.54) is 6.07 Å². The van der Waals surface area contributed by atoms with Gasteiger partial charge >= 0.3 is 6.61 Å². The smallest absolute Gasteiger partial charge is 0.387 e. The summed E-state index contributed by atoms with van der Waals surface area (Å²) in [5.74, 6) is 1.68. The average Bonchev–Trinajstić information content (AvgIpc) is 2.16. The van der Waals surface area contributed by atoms with E-state index in [1.54, 1.807) is 12.1 Å². The molecule has 0 heterocycles. The predicted octanol–water partition coefficient (Wildman–Crippen LogP) is 3.65. The van der Waals surface area contributed by atoms with Crippen molar-refractivity contribution in [3.8, 4) is 11.5 Å². The van der Waals surface area contributed by atoms with E-state index in [9.17, 15) is 8.78 Å². The Bertz CT molecular complexity index is 338. The Morgan fingerprint density at radius 1 is 1.19 bits per heavy atom. The van der Waals surface area contributed by atoms with Crippen LogP contribution in [0.3, 0.4) is 0 Å². The molecule has 1 aromatic rings. The lowest BCUT2D eigenvalue weighted by Crippen LogP contribution is -2.03. The zero-order valence-electron chi connectivity index (χ0n) is 9.59. The number of hydrogen-bond acceptors (Lipinski definition) is 2. The molecule has 1 rings (SSSR count). The van der Waals surface area contributed by atoms with Crippen LogP contribution in [-0.2, 0) is 0 Å². The van der Waals surface area contributed by atoms with Crippen LogP contribution in [0.4, 0.5) is 8.78 Å². The summed E-state index contributed by atoms with van der Waals surface area (Å²) in [6.45, 7) is 3.30. The minimum atomic E-state index is -2.82. The van der Waals surface area contributed by atoms with E-state index in [0.29, 0.717) is 12.4 Å². The Kier molecular flexibility index (Phi) is 4.52. The van der Waals surface area contributed by atoms with E-state index in [1.807, 2.05) is 20.8 Å². The summed E-state index contributed by atoms with van der Waals surface area (Å²) in [6.07, 6.45) is 0. The van der Waals surface area contributed by atoms with Crippen molar-refractivity contribution in [3.05, 3.63) is 29.7 Å².